The molecular formula is C17H21O. The van der Waals surface area contributed by atoms with E-state index in [1.807, 2.05) is 0 Å². The van der Waals surface area contributed by atoms with E-state index in [1.165, 1.54) is 30.0 Å². The van der Waals surface area contributed by atoms with E-state index in [4.69, 9.17) is 4.74 Å². The van der Waals surface area contributed by atoms with E-state index in [1.54, 1.807) is 0 Å². The van der Waals surface area contributed by atoms with E-state index in [2.05, 4.69) is 49.4 Å². The number of ether oxygens (including phenoxy) is 1. The normalized spacial score (nSPS) is 10.7. The summed E-state index contributed by atoms with van der Waals surface area (Å²) in [6.45, 7) is 4.66. The molecule has 0 N–H and O–H groups in total. The Labute approximate surface area is 110 Å². The lowest BCUT2D eigenvalue weighted by Crippen LogP contribution is -1.97. The van der Waals surface area contributed by atoms with Crippen molar-refractivity contribution in [1.82, 2.24) is 0 Å². The predicted molar refractivity (Wildman–Crippen MR) is 77.9 cm³/mol. The van der Waals surface area contributed by atoms with Crippen molar-refractivity contribution in [2.24, 2.45) is 0 Å². The molecule has 0 bridgehead atoms. The predicted octanol–water partition coefficient (Wildman–Crippen LogP) is 5.00. The molecule has 95 valence electrons. The van der Waals surface area contributed by atoms with Crippen molar-refractivity contribution >= 4 is 10.8 Å². The summed E-state index contributed by atoms with van der Waals surface area (Å²) < 4.78 is 5.88. The first kappa shape index (κ1) is 12.9. The van der Waals surface area contributed by atoms with E-state index >= 15 is 0 Å². The average Bonchev–Trinajstić information content (AvgIpc) is 2.43. The summed E-state index contributed by atoms with van der Waals surface area (Å²) in [6.07, 6.45) is 5.91. The molecule has 1 radical (unpaired) electrons. The Morgan fingerprint density at radius 3 is 2.50 bits per heavy atom. The van der Waals surface area contributed by atoms with Gasteiger partial charge in [0.05, 0.1) is 6.61 Å². The molecule has 2 aromatic rings. The Bertz CT molecular complexity index is 470. The fourth-order valence-corrected chi connectivity index (χ4v) is 2.14. The van der Waals surface area contributed by atoms with Gasteiger partial charge >= 0.3 is 0 Å². The van der Waals surface area contributed by atoms with Crippen LogP contribution in [0.15, 0.2) is 42.5 Å². The number of unbranched alkanes of at least 4 members (excludes halogenated alkanes) is 4. The standard InChI is InChI=1S/C17H21O/c1-2-3-4-5-8-14-18-17-13-9-11-15-10-6-7-12-16(15)17/h6-7,9-13H,1-5,8,14H2. The van der Waals surface area contributed by atoms with E-state index in [9.17, 15) is 0 Å². The molecule has 0 saturated heterocycles. The molecule has 2 aromatic carbocycles. The molecule has 0 unspecified atom stereocenters. The van der Waals surface area contributed by atoms with Crippen LogP contribution in [0, 0.1) is 6.92 Å². The zero-order chi connectivity index (χ0) is 12.6. The van der Waals surface area contributed by atoms with Gasteiger partial charge in [0.15, 0.2) is 0 Å². The van der Waals surface area contributed by atoms with E-state index in [0.717, 1.165) is 25.2 Å². The molecule has 0 atom stereocenters. The Hall–Kier alpha value is -1.50. The van der Waals surface area contributed by atoms with Crippen LogP contribution in [-0.4, -0.2) is 6.61 Å². The molecule has 0 aliphatic heterocycles. The third kappa shape index (κ3) is 3.49. The van der Waals surface area contributed by atoms with Gasteiger partial charge in [-0.2, -0.15) is 0 Å². The monoisotopic (exact) mass is 241 g/mol. The van der Waals surface area contributed by atoms with E-state index in [0.29, 0.717) is 0 Å². The summed E-state index contributed by atoms with van der Waals surface area (Å²) in [6, 6.07) is 14.6. The lowest BCUT2D eigenvalue weighted by molar-refractivity contribution is 0.308. The number of fused-ring (bicyclic) bond motifs is 1. The quantitative estimate of drug-likeness (QED) is 0.620. The molecular weight excluding hydrogens is 220 g/mol. The zero-order valence-electron chi connectivity index (χ0n) is 10.9. The van der Waals surface area contributed by atoms with Gasteiger partial charge in [-0.1, -0.05) is 69.0 Å². The molecule has 1 nitrogen and oxygen atoms in total. The minimum absolute atomic E-state index is 0.811. The van der Waals surface area contributed by atoms with Crippen LogP contribution >= 0.6 is 0 Å². The summed E-state index contributed by atoms with van der Waals surface area (Å²) in [5.74, 6) is 1.00. The summed E-state index contributed by atoms with van der Waals surface area (Å²) in [5.41, 5.74) is 0. The topological polar surface area (TPSA) is 9.23 Å². The molecule has 2 rings (SSSR count). The molecule has 0 aliphatic rings. The van der Waals surface area contributed by atoms with Gasteiger partial charge in [-0.15, -0.1) is 0 Å². The maximum absolute atomic E-state index is 5.88. The molecule has 0 saturated carbocycles. The van der Waals surface area contributed by atoms with Gasteiger partial charge in [0.25, 0.3) is 0 Å². The highest BCUT2D eigenvalue weighted by molar-refractivity contribution is 5.88. The van der Waals surface area contributed by atoms with Crippen LogP contribution < -0.4 is 4.74 Å². The second-order valence-electron chi connectivity index (χ2n) is 4.59. The van der Waals surface area contributed by atoms with Crippen molar-refractivity contribution in [3.05, 3.63) is 49.4 Å². The first-order valence-electron chi connectivity index (χ1n) is 6.81. The highest BCUT2D eigenvalue weighted by Gasteiger charge is 2.00. The van der Waals surface area contributed by atoms with Crippen LogP contribution in [0.2, 0.25) is 0 Å². The van der Waals surface area contributed by atoms with Gasteiger partial charge in [-0.3, -0.25) is 0 Å². The third-order valence-electron chi connectivity index (χ3n) is 3.15. The number of rotatable bonds is 7. The highest BCUT2D eigenvalue weighted by atomic mass is 16.5. The Kier molecular flexibility index (Phi) is 5.07. The average molecular weight is 241 g/mol. The first-order valence-corrected chi connectivity index (χ1v) is 6.81. The van der Waals surface area contributed by atoms with Crippen molar-refractivity contribution in [1.29, 1.82) is 0 Å². The zero-order valence-corrected chi connectivity index (χ0v) is 10.9. The molecule has 0 aliphatic carbocycles. The maximum atomic E-state index is 5.88. The van der Waals surface area contributed by atoms with Gasteiger partial charge in [-0.25, -0.2) is 0 Å². The van der Waals surface area contributed by atoms with Gasteiger partial charge in [0.2, 0.25) is 0 Å². The summed E-state index contributed by atoms with van der Waals surface area (Å²) in [5, 5.41) is 2.45. The molecule has 0 heterocycles. The minimum atomic E-state index is 0.811. The fourth-order valence-electron chi connectivity index (χ4n) is 2.14. The van der Waals surface area contributed by atoms with Crippen LogP contribution in [0.4, 0.5) is 0 Å². The third-order valence-corrected chi connectivity index (χ3v) is 3.15. The smallest absolute Gasteiger partial charge is 0.127 e. The van der Waals surface area contributed by atoms with E-state index < -0.39 is 0 Å². The first-order chi connectivity index (χ1) is 8.92. The lowest BCUT2D eigenvalue weighted by atomic mass is 10.1. The summed E-state index contributed by atoms with van der Waals surface area (Å²) in [7, 11) is 0. The molecule has 18 heavy (non-hydrogen) atoms. The fraction of sp³-hybridized carbons (Fsp3) is 0.353. The van der Waals surface area contributed by atoms with Crippen LogP contribution in [0.1, 0.15) is 32.1 Å². The van der Waals surface area contributed by atoms with Crippen molar-refractivity contribution < 1.29 is 4.74 Å². The molecule has 0 amide bonds. The Morgan fingerprint density at radius 2 is 1.61 bits per heavy atom. The molecule has 0 spiro atoms. The van der Waals surface area contributed by atoms with Gasteiger partial charge < -0.3 is 4.74 Å². The maximum Gasteiger partial charge on any atom is 0.127 e. The van der Waals surface area contributed by atoms with Crippen LogP contribution in [0.3, 0.4) is 0 Å². The van der Waals surface area contributed by atoms with Crippen LogP contribution in [0.25, 0.3) is 10.8 Å². The second-order valence-corrected chi connectivity index (χ2v) is 4.59. The molecule has 0 aromatic heterocycles. The van der Waals surface area contributed by atoms with Gasteiger partial charge in [0.1, 0.15) is 5.75 Å². The van der Waals surface area contributed by atoms with Gasteiger partial charge in [0, 0.05) is 5.39 Å². The lowest BCUT2D eigenvalue weighted by Gasteiger charge is -2.09. The largest absolute Gasteiger partial charge is 0.493 e. The van der Waals surface area contributed by atoms with Gasteiger partial charge in [-0.05, 0) is 17.9 Å². The molecule has 1 heteroatoms. The Morgan fingerprint density at radius 1 is 0.833 bits per heavy atom. The van der Waals surface area contributed by atoms with E-state index in [-0.39, 0.29) is 0 Å². The van der Waals surface area contributed by atoms with Crippen molar-refractivity contribution in [2.75, 3.05) is 6.61 Å². The van der Waals surface area contributed by atoms with Crippen molar-refractivity contribution in [3.63, 3.8) is 0 Å². The number of hydrogen-bond acceptors (Lipinski definition) is 1. The second kappa shape index (κ2) is 7.05. The Balaban J connectivity index is 1.88. The SMILES string of the molecule is [CH2]CCCCCCOc1cccc2ccccc12. The summed E-state index contributed by atoms with van der Waals surface area (Å²) >= 11 is 0. The van der Waals surface area contributed by atoms with Crippen molar-refractivity contribution in [3.8, 4) is 5.75 Å². The van der Waals surface area contributed by atoms with Crippen molar-refractivity contribution in [2.45, 2.75) is 32.1 Å². The van der Waals surface area contributed by atoms with Crippen LogP contribution in [-0.2, 0) is 0 Å². The molecule has 0 fully saturated rings. The summed E-state index contributed by atoms with van der Waals surface area (Å²) in [4.78, 5) is 0. The number of benzene rings is 2. The number of hydrogen-bond donors (Lipinski definition) is 0. The van der Waals surface area contributed by atoms with Crippen LogP contribution in [0.5, 0.6) is 5.75 Å². The highest BCUT2D eigenvalue weighted by Crippen LogP contribution is 2.25. The minimum Gasteiger partial charge on any atom is -0.493 e.